The minimum Gasteiger partial charge on any atom is -0.343 e. The largest absolute Gasteiger partial charge is 0.389 e. The molecule has 0 bridgehead atoms. The van der Waals surface area contributed by atoms with Crippen LogP contribution in [0.15, 0.2) is 6.33 Å². The van der Waals surface area contributed by atoms with E-state index in [1.165, 1.54) is 11.2 Å². The quantitative estimate of drug-likeness (QED) is 0.916. The van der Waals surface area contributed by atoms with Crippen LogP contribution in [0, 0.1) is 0 Å². The third kappa shape index (κ3) is 3.93. The number of nitrogens with one attached hydrogen (secondary N) is 1. The van der Waals surface area contributed by atoms with E-state index in [9.17, 15) is 18.0 Å². The molecule has 19 heavy (non-hydrogen) atoms. The Morgan fingerprint density at radius 3 is 2.63 bits per heavy atom. The SMILES string of the molecule is O=C(CCC(F)(F)F)N1CCC(c2ncn[nH]2)CC1. The Morgan fingerprint density at radius 2 is 2.11 bits per heavy atom. The Bertz CT molecular complexity index is 410. The number of alkyl halides is 3. The summed E-state index contributed by atoms with van der Waals surface area (Å²) < 4.78 is 36.1. The number of H-pyrrole nitrogens is 1. The van der Waals surface area contributed by atoms with Gasteiger partial charge in [0.15, 0.2) is 0 Å². The van der Waals surface area contributed by atoms with Gasteiger partial charge in [0.25, 0.3) is 0 Å². The van der Waals surface area contributed by atoms with E-state index in [0.717, 1.165) is 5.82 Å². The summed E-state index contributed by atoms with van der Waals surface area (Å²) in [5.74, 6) is 0.560. The first-order valence-corrected chi connectivity index (χ1v) is 6.15. The molecule has 1 fully saturated rings. The van der Waals surface area contributed by atoms with E-state index >= 15 is 0 Å². The van der Waals surface area contributed by atoms with Crippen molar-refractivity contribution >= 4 is 5.91 Å². The molecule has 0 spiro atoms. The van der Waals surface area contributed by atoms with Gasteiger partial charge >= 0.3 is 6.18 Å². The molecule has 8 heteroatoms. The molecular weight excluding hydrogens is 261 g/mol. The summed E-state index contributed by atoms with van der Waals surface area (Å²) in [5.41, 5.74) is 0. The number of halogens is 3. The first-order valence-electron chi connectivity index (χ1n) is 6.15. The fraction of sp³-hybridized carbons (Fsp3) is 0.727. The molecule has 0 saturated carbocycles. The summed E-state index contributed by atoms with van der Waals surface area (Å²) in [6.45, 7) is 0.949. The number of aromatic amines is 1. The normalized spacial score (nSPS) is 17.7. The number of hydrogen-bond donors (Lipinski definition) is 1. The highest BCUT2D eigenvalue weighted by Gasteiger charge is 2.30. The summed E-state index contributed by atoms with van der Waals surface area (Å²) in [4.78, 5) is 17.2. The van der Waals surface area contributed by atoms with Crippen molar-refractivity contribution < 1.29 is 18.0 Å². The second-order valence-electron chi connectivity index (χ2n) is 4.64. The summed E-state index contributed by atoms with van der Waals surface area (Å²) in [6, 6.07) is 0. The number of carbonyl (C=O) groups is 1. The highest BCUT2D eigenvalue weighted by Crippen LogP contribution is 2.26. The monoisotopic (exact) mass is 276 g/mol. The molecule has 1 N–H and O–H groups in total. The highest BCUT2D eigenvalue weighted by atomic mass is 19.4. The number of nitrogens with zero attached hydrogens (tertiary/aromatic N) is 3. The Labute approximate surface area is 108 Å². The van der Waals surface area contributed by atoms with Crippen LogP contribution in [-0.2, 0) is 4.79 Å². The lowest BCUT2D eigenvalue weighted by Crippen LogP contribution is -2.38. The fourth-order valence-corrected chi connectivity index (χ4v) is 2.22. The van der Waals surface area contributed by atoms with Crippen LogP contribution in [0.25, 0.3) is 0 Å². The molecule has 1 saturated heterocycles. The maximum Gasteiger partial charge on any atom is 0.389 e. The Morgan fingerprint density at radius 1 is 1.42 bits per heavy atom. The molecular formula is C11H15F3N4O. The standard InChI is InChI=1S/C11H15F3N4O/c12-11(13,14)4-1-9(19)18-5-2-8(3-6-18)10-15-7-16-17-10/h7-8H,1-6H2,(H,15,16,17). The van der Waals surface area contributed by atoms with Crippen LogP contribution in [0.3, 0.4) is 0 Å². The Balaban J connectivity index is 1.78. The molecule has 2 rings (SSSR count). The Hall–Kier alpha value is -1.60. The molecule has 0 aromatic carbocycles. The second kappa shape index (κ2) is 5.58. The predicted octanol–water partition coefficient (Wildman–Crippen LogP) is 1.85. The van der Waals surface area contributed by atoms with Crippen LogP contribution in [0.2, 0.25) is 0 Å². The van der Waals surface area contributed by atoms with Crippen LogP contribution in [0.4, 0.5) is 13.2 Å². The van der Waals surface area contributed by atoms with Crippen LogP contribution in [-0.4, -0.2) is 45.3 Å². The first kappa shape index (κ1) is 13.8. The lowest BCUT2D eigenvalue weighted by molar-refractivity contribution is -0.149. The van der Waals surface area contributed by atoms with E-state index < -0.39 is 24.9 Å². The van der Waals surface area contributed by atoms with Crippen molar-refractivity contribution in [2.75, 3.05) is 13.1 Å². The molecule has 0 radical (unpaired) electrons. The van der Waals surface area contributed by atoms with E-state index in [0.29, 0.717) is 25.9 Å². The smallest absolute Gasteiger partial charge is 0.343 e. The van der Waals surface area contributed by atoms with Gasteiger partial charge in [0, 0.05) is 25.4 Å². The average molecular weight is 276 g/mol. The molecule has 1 aromatic rings. The number of piperidine rings is 1. The molecule has 0 atom stereocenters. The van der Waals surface area contributed by atoms with Crippen molar-refractivity contribution in [1.82, 2.24) is 20.1 Å². The number of amides is 1. The van der Waals surface area contributed by atoms with Crippen LogP contribution in [0.1, 0.15) is 37.4 Å². The summed E-state index contributed by atoms with van der Waals surface area (Å²) in [6.07, 6.45) is -2.95. The van der Waals surface area contributed by atoms with Gasteiger partial charge in [-0.2, -0.15) is 18.3 Å². The zero-order valence-electron chi connectivity index (χ0n) is 10.3. The van der Waals surface area contributed by atoms with Gasteiger partial charge in [0.1, 0.15) is 12.2 Å². The molecule has 0 unspecified atom stereocenters. The van der Waals surface area contributed by atoms with Gasteiger partial charge in [-0.25, -0.2) is 4.98 Å². The predicted molar refractivity (Wildman–Crippen MR) is 60.2 cm³/mol. The molecule has 5 nitrogen and oxygen atoms in total. The molecule has 0 aliphatic carbocycles. The minimum absolute atomic E-state index is 0.203. The number of carbonyl (C=O) groups excluding carboxylic acids is 1. The van der Waals surface area contributed by atoms with Crippen molar-refractivity contribution in [2.45, 2.75) is 37.8 Å². The van der Waals surface area contributed by atoms with Gasteiger partial charge < -0.3 is 4.90 Å². The van der Waals surface area contributed by atoms with Crippen LogP contribution >= 0.6 is 0 Å². The van der Waals surface area contributed by atoms with Crippen molar-refractivity contribution in [2.24, 2.45) is 0 Å². The van der Waals surface area contributed by atoms with Crippen molar-refractivity contribution in [1.29, 1.82) is 0 Å². The summed E-state index contributed by atoms with van der Waals surface area (Å²) >= 11 is 0. The van der Waals surface area contributed by atoms with Gasteiger partial charge in [0.2, 0.25) is 5.91 Å². The Kier molecular flexibility index (Phi) is 4.06. The summed E-state index contributed by atoms with van der Waals surface area (Å²) in [7, 11) is 0. The molecule has 1 aromatic heterocycles. The lowest BCUT2D eigenvalue weighted by Gasteiger charge is -2.31. The number of hydrogen-bond acceptors (Lipinski definition) is 3. The minimum atomic E-state index is -4.27. The van der Waals surface area contributed by atoms with Crippen molar-refractivity contribution in [3.05, 3.63) is 12.2 Å². The topological polar surface area (TPSA) is 61.9 Å². The third-order valence-corrected chi connectivity index (χ3v) is 3.29. The maximum atomic E-state index is 12.0. The molecule has 2 heterocycles. The molecule has 1 aliphatic heterocycles. The molecule has 106 valence electrons. The highest BCUT2D eigenvalue weighted by molar-refractivity contribution is 5.76. The van der Waals surface area contributed by atoms with E-state index in [4.69, 9.17) is 0 Å². The van der Waals surface area contributed by atoms with Gasteiger partial charge in [-0.1, -0.05) is 0 Å². The van der Waals surface area contributed by atoms with Crippen molar-refractivity contribution in [3.63, 3.8) is 0 Å². The number of aromatic nitrogens is 3. The fourth-order valence-electron chi connectivity index (χ4n) is 2.22. The summed E-state index contributed by atoms with van der Waals surface area (Å²) in [5, 5.41) is 6.55. The number of rotatable bonds is 3. The third-order valence-electron chi connectivity index (χ3n) is 3.29. The zero-order valence-corrected chi connectivity index (χ0v) is 10.3. The molecule has 1 amide bonds. The first-order chi connectivity index (χ1) is 8.96. The van der Waals surface area contributed by atoms with E-state index in [1.807, 2.05) is 0 Å². The number of likely N-dealkylation sites (tertiary alicyclic amines) is 1. The molecule has 1 aliphatic rings. The van der Waals surface area contributed by atoms with Gasteiger partial charge in [-0.15, -0.1) is 0 Å². The van der Waals surface area contributed by atoms with E-state index in [1.54, 1.807) is 0 Å². The van der Waals surface area contributed by atoms with E-state index in [2.05, 4.69) is 15.2 Å². The average Bonchev–Trinajstić information content (AvgIpc) is 2.89. The van der Waals surface area contributed by atoms with Gasteiger partial charge in [-0.3, -0.25) is 9.89 Å². The van der Waals surface area contributed by atoms with Gasteiger partial charge in [0.05, 0.1) is 6.42 Å². The van der Waals surface area contributed by atoms with Gasteiger partial charge in [-0.05, 0) is 12.8 Å². The second-order valence-corrected chi connectivity index (χ2v) is 4.64. The van der Waals surface area contributed by atoms with Crippen LogP contribution < -0.4 is 0 Å². The zero-order chi connectivity index (χ0) is 13.9. The maximum absolute atomic E-state index is 12.0. The lowest BCUT2D eigenvalue weighted by atomic mass is 9.96. The van der Waals surface area contributed by atoms with Crippen LogP contribution in [0.5, 0.6) is 0 Å². The van der Waals surface area contributed by atoms with Crippen molar-refractivity contribution in [3.8, 4) is 0 Å². The van der Waals surface area contributed by atoms with E-state index in [-0.39, 0.29) is 5.92 Å².